The fourth-order valence-corrected chi connectivity index (χ4v) is 4.50. The Labute approximate surface area is 207 Å². The molecule has 0 radical (unpaired) electrons. The Hall–Kier alpha value is -3.22. The molecular weight excluding hydrogens is 442 g/mol. The molecule has 35 heavy (non-hydrogen) atoms. The molecule has 0 bridgehead atoms. The third kappa shape index (κ3) is 7.64. The topological polar surface area (TPSA) is 95.9 Å². The number of allylic oxidation sites excluding steroid dienone is 7. The van der Waals surface area contributed by atoms with Crippen molar-refractivity contribution in [3.8, 4) is 0 Å². The van der Waals surface area contributed by atoms with E-state index in [2.05, 4.69) is 5.32 Å². The van der Waals surface area contributed by atoms with Crippen LogP contribution in [0, 0.1) is 5.92 Å². The van der Waals surface area contributed by atoms with Crippen LogP contribution in [0.25, 0.3) is 0 Å². The number of carbonyl (C=O) groups excluding carboxylic acids is 2. The molecule has 6 heteroatoms. The van der Waals surface area contributed by atoms with Gasteiger partial charge in [-0.2, -0.15) is 0 Å². The molecule has 186 valence electrons. The van der Waals surface area contributed by atoms with Crippen molar-refractivity contribution in [2.75, 3.05) is 7.11 Å². The first-order valence-corrected chi connectivity index (χ1v) is 12.1. The van der Waals surface area contributed by atoms with E-state index in [1.54, 1.807) is 12.2 Å². The molecule has 1 aliphatic heterocycles. The van der Waals surface area contributed by atoms with Crippen LogP contribution in [0.1, 0.15) is 50.6 Å². The maximum atomic E-state index is 13.0. The summed E-state index contributed by atoms with van der Waals surface area (Å²) in [7, 11) is 1.51. The molecule has 2 aliphatic rings. The Balaban J connectivity index is 1.84. The molecule has 3 N–H and O–H groups in total. The first-order chi connectivity index (χ1) is 16.9. The molecule has 3 rings (SSSR count). The number of nitrogens with one attached hydrogen (secondary N) is 1. The summed E-state index contributed by atoms with van der Waals surface area (Å²) in [6.45, 7) is 1.90. The number of amides is 1. The van der Waals surface area contributed by atoms with Crippen LogP contribution in [0.15, 0.2) is 89.8 Å². The van der Waals surface area contributed by atoms with Crippen molar-refractivity contribution in [2.45, 2.75) is 57.3 Å². The van der Waals surface area contributed by atoms with E-state index in [4.69, 9.17) is 4.74 Å². The van der Waals surface area contributed by atoms with Gasteiger partial charge in [-0.05, 0) is 38.2 Å². The fraction of sp³-hybridized carbons (Fsp3) is 0.379. The Kier molecular flexibility index (Phi) is 9.82. The minimum absolute atomic E-state index is 0.0444. The minimum Gasteiger partial charge on any atom is -0.509 e. The van der Waals surface area contributed by atoms with Crippen LogP contribution in [-0.4, -0.2) is 41.2 Å². The van der Waals surface area contributed by atoms with Crippen molar-refractivity contribution in [1.29, 1.82) is 0 Å². The monoisotopic (exact) mass is 477 g/mol. The van der Waals surface area contributed by atoms with Gasteiger partial charge in [-0.15, -0.1) is 0 Å². The summed E-state index contributed by atoms with van der Waals surface area (Å²) in [5, 5.41) is 24.1. The maximum Gasteiger partial charge on any atom is 0.244 e. The second-order valence-corrected chi connectivity index (χ2v) is 9.03. The van der Waals surface area contributed by atoms with Crippen LogP contribution in [0.3, 0.4) is 0 Å². The van der Waals surface area contributed by atoms with Gasteiger partial charge in [-0.3, -0.25) is 9.59 Å². The normalized spacial score (nSPS) is 31.2. The third-order valence-corrected chi connectivity index (χ3v) is 6.33. The number of methoxy groups -OCH3 is 1. The second kappa shape index (κ2) is 13.0. The van der Waals surface area contributed by atoms with Crippen molar-refractivity contribution in [1.82, 2.24) is 5.32 Å². The predicted octanol–water partition coefficient (Wildman–Crippen LogP) is 4.81. The predicted molar refractivity (Wildman–Crippen MR) is 137 cm³/mol. The molecule has 1 aromatic carbocycles. The standard InChI is InChI=1S/C29H35NO5/c1-20-11-9-10-16-27(33)30-24(21-12-5-3-6-13-21)15-8-4-7-14-23(31)19-25(32)28-22(17-20)18-26(35-2)29(28)34/h3-6,8-13,16-17,22-24,26,31,34H,7,14-15,18-19H2,1-2H3,(H,30,33)/b8-4+,11-9+,16-10-,20-17-/t22-,23+,24+,26-/m0/s1. The molecule has 6 nitrogen and oxygen atoms in total. The summed E-state index contributed by atoms with van der Waals surface area (Å²) in [6.07, 6.45) is 13.4. The number of aliphatic hydroxyl groups excluding tert-OH is 2. The summed E-state index contributed by atoms with van der Waals surface area (Å²) >= 11 is 0. The maximum absolute atomic E-state index is 13.0. The molecule has 1 aliphatic carbocycles. The van der Waals surface area contributed by atoms with Crippen LogP contribution in [0.5, 0.6) is 0 Å². The van der Waals surface area contributed by atoms with Crippen molar-refractivity contribution >= 4 is 11.7 Å². The molecule has 4 atom stereocenters. The van der Waals surface area contributed by atoms with E-state index in [0.717, 1.165) is 11.1 Å². The summed E-state index contributed by atoms with van der Waals surface area (Å²) in [4.78, 5) is 25.5. The zero-order valence-electron chi connectivity index (χ0n) is 20.4. The summed E-state index contributed by atoms with van der Waals surface area (Å²) in [5.74, 6) is -0.790. The minimum atomic E-state index is -0.810. The van der Waals surface area contributed by atoms with Crippen molar-refractivity contribution in [2.24, 2.45) is 5.92 Å². The molecule has 0 spiro atoms. The van der Waals surface area contributed by atoms with Crippen molar-refractivity contribution < 1.29 is 24.5 Å². The quantitative estimate of drug-likeness (QED) is 0.532. The van der Waals surface area contributed by atoms with Crippen LogP contribution in [0.4, 0.5) is 0 Å². The highest BCUT2D eigenvalue weighted by molar-refractivity contribution is 5.97. The second-order valence-electron chi connectivity index (χ2n) is 9.03. The lowest BCUT2D eigenvalue weighted by Gasteiger charge is -2.17. The van der Waals surface area contributed by atoms with Crippen molar-refractivity contribution in [3.63, 3.8) is 0 Å². The summed E-state index contributed by atoms with van der Waals surface area (Å²) in [6, 6.07) is 9.61. The van der Waals surface area contributed by atoms with Crippen LogP contribution in [-0.2, 0) is 14.3 Å². The SMILES string of the molecule is CO[C@H]1C[C@@H]2\C=C(C)/C=C/C=C\C(=O)N[C@@H](c3ccccc3)C/C=C/CC[C@@H](O)CC(=O)C2=C1O. The van der Waals surface area contributed by atoms with Crippen LogP contribution in [0.2, 0.25) is 0 Å². The summed E-state index contributed by atoms with van der Waals surface area (Å²) < 4.78 is 5.35. The van der Waals surface area contributed by atoms with E-state index < -0.39 is 12.2 Å². The number of fused-ring (bicyclic) bond motifs is 1. The molecule has 0 fully saturated rings. The van der Waals surface area contributed by atoms with Gasteiger partial charge >= 0.3 is 0 Å². The highest BCUT2D eigenvalue weighted by Gasteiger charge is 2.36. The van der Waals surface area contributed by atoms with Gasteiger partial charge in [0.15, 0.2) is 5.78 Å². The highest BCUT2D eigenvalue weighted by Crippen LogP contribution is 2.36. The lowest BCUT2D eigenvalue weighted by Crippen LogP contribution is -2.26. The van der Waals surface area contributed by atoms with E-state index in [1.165, 1.54) is 13.2 Å². The zero-order valence-corrected chi connectivity index (χ0v) is 20.4. The Morgan fingerprint density at radius 1 is 1.06 bits per heavy atom. The van der Waals surface area contributed by atoms with Gasteiger partial charge in [0.1, 0.15) is 11.9 Å². The number of ketones is 1. The number of ether oxygens (including phenoxy) is 1. The molecule has 0 unspecified atom stereocenters. The number of Topliss-reactive ketones (excluding diaryl/α,β-unsaturated/α-hetero) is 1. The lowest BCUT2D eigenvalue weighted by molar-refractivity contribution is -0.118. The average molecular weight is 478 g/mol. The number of carbonyl (C=O) groups is 2. The number of hydrogen-bond acceptors (Lipinski definition) is 5. The highest BCUT2D eigenvalue weighted by atomic mass is 16.5. The molecule has 0 saturated heterocycles. The van der Waals surface area contributed by atoms with Gasteiger partial charge in [0.05, 0.1) is 12.1 Å². The lowest BCUT2D eigenvalue weighted by atomic mass is 9.92. The molecule has 1 amide bonds. The first-order valence-electron chi connectivity index (χ1n) is 12.1. The van der Waals surface area contributed by atoms with Gasteiger partial charge in [-0.25, -0.2) is 0 Å². The smallest absolute Gasteiger partial charge is 0.244 e. The van der Waals surface area contributed by atoms with E-state index in [0.29, 0.717) is 31.3 Å². The number of benzene rings is 1. The Bertz CT molecular complexity index is 1030. The van der Waals surface area contributed by atoms with Crippen LogP contribution < -0.4 is 5.32 Å². The van der Waals surface area contributed by atoms with E-state index in [9.17, 15) is 19.8 Å². The van der Waals surface area contributed by atoms with Gasteiger partial charge in [0.2, 0.25) is 5.91 Å². The molecule has 1 heterocycles. The number of hydrogen-bond donors (Lipinski definition) is 3. The fourth-order valence-electron chi connectivity index (χ4n) is 4.50. The number of rotatable bonds is 2. The summed E-state index contributed by atoms with van der Waals surface area (Å²) in [5.41, 5.74) is 2.22. The molecule has 0 aromatic heterocycles. The van der Waals surface area contributed by atoms with Gasteiger partial charge in [0, 0.05) is 31.1 Å². The Morgan fingerprint density at radius 3 is 2.54 bits per heavy atom. The van der Waals surface area contributed by atoms with Gasteiger partial charge in [0.25, 0.3) is 0 Å². The van der Waals surface area contributed by atoms with E-state index >= 15 is 0 Å². The number of aliphatic hydroxyl groups is 2. The Morgan fingerprint density at radius 2 is 1.80 bits per heavy atom. The molecule has 0 saturated carbocycles. The molecule has 1 aromatic rings. The van der Waals surface area contributed by atoms with E-state index in [1.807, 2.05) is 61.6 Å². The zero-order chi connectivity index (χ0) is 25.2. The third-order valence-electron chi connectivity index (χ3n) is 6.33. The average Bonchev–Trinajstić information content (AvgIpc) is 3.15. The largest absolute Gasteiger partial charge is 0.509 e. The first kappa shape index (κ1) is 26.4. The van der Waals surface area contributed by atoms with Gasteiger partial charge in [-0.1, -0.05) is 72.4 Å². The van der Waals surface area contributed by atoms with Gasteiger partial charge < -0.3 is 20.3 Å². The van der Waals surface area contributed by atoms with Crippen molar-refractivity contribution in [3.05, 3.63) is 95.3 Å². The van der Waals surface area contributed by atoms with Crippen LogP contribution >= 0.6 is 0 Å². The van der Waals surface area contributed by atoms with E-state index in [-0.39, 0.29) is 35.8 Å². The molecular formula is C29H35NO5.